The van der Waals surface area contributed by atoms with Gasteiger partial charge in [0.2, 0.25) is 0 Å². The zero-order valence-corrected chi connectivity index (χ0v) is 20.9. The van der Waals surface area contributed by atoms with Crippen LogP contribution in [0.15, 0.2) is 36.2 Å². The minimum atomic E-state index is -1.55. The van der Waals surface area contributed by atoms with Crippen LogP contribution in [0.1, 0.15) is 40.2 Å². The van der Waals surface area contributed by atoms with Crippen molar-refractivity contribution in [1.82, 2.24) is 4.57 Å². The van der Waals surface area contributed by atoms with Gasteiger partial charge in [-0.3, -0.25) is 24.0 Å². The van der Waals surface area contributed by atoms with Crippen LogP contribution in [-0.2, 0) is 54.7 Å². The van der Waals surface area contributed by atoms with Gasteiger partial charge < -0.3 is 28.3 Å². The van der Waals surface area contributed by atoms with Gasteiger partial charge in [-0.15, -0.1) is 0 Å². The number of fused-ring (bicyclic) bond motifs is 1. The number of esters is 5. The second-order valence-corrected chi connectivity index (χ2v) is 7.91. The van der Waals surface area contributed by atoms with Crippen LogP contribution in [-0.4, -0.2) is 59.3 Å². The normalized spacial score (nSPS) is 13.8. The van der Waals surface area contributed by atoms with Crippen molar-refractivity contribution >= 4 is 46.8 Å². The molecule has 1 heterocycles. The molecule has 0 radical (unpaired) electrons. The SMILES string of the molecule is CC(=O)OC[C@H](OC(C)=O)[C@@H](OC(C)=O)[C@@H](OC(C)=O)/C(=C\c1cn(C)c2ccccc12)OC(C)=O. The fourth-order valence-corrected chi connectivity index (χ4v) is 3.58. The summed E-state index contributed by atoms with van der Waals surface area (Å²) in [7, 11) is 1.83. The Morgan fingerprint density at radius 1 is 0.833 bits per heavy atom. The fraction of sp³-hybridized carbons (Fsp3) is 0.400. The minimum Gasteiger partial charge on any atom is -0.462 e. The largest absolute Gasteiger partial charge is 0.462 e. The van der Waals surface area contributed by atoms with E-state index < -0.39 is 54.8 Å². The first-order valence-electron chi connectivity index (χ1n) is 11.0. The van der Waals surface area contributed by atoms with Crippen LogP contribution in [0, 0.1) is 0 Å². The van der Waals surface area contributed by atoms with E-state index in [9.17, 15) is 24.0 Å². The topological polar surface area (TPSA) is 136 Å². The van der Waals surface area contributed by atoms with Gasteiger partial charge in [-0.1, -0.05) is 18.2 Å². The quantitative estimate of drug-likeness (QED) is 0.270. The highest BCUT2D eigenvalue weighted by Crippen LogP contribution is 2.28. The van der Waals surface area contributed by atoms with E-state index in [-0.39, 0.29) is 5.76 Å². The lowest BCUT2D eigenvalue weighted by Gasteiger charge is -2.32. The second-order valence-electron chi connectivity index (χ2n) is 7.91. The lowest BCUT2D eigenvalue weighted by molar-refractivity contribution is -0.189. The fourth-order valence-electron chi connectivity index (χ4n) is 3.58. The molecule has 0 saturated heterocycles. The third kappa shape index (κ3) is 7.97. The predicted molar refractivity (Wildman–Crippen MR) is 126 cm³/mol. The highest BCUT2D eigenvalue weighted by Gasteiger charge is 2.41. The number of rotatable bonds is 10. The number of hydrogen-bond donors (Lipinski definition) is 0. The molecule has 0 spiro atoms. The molecule has 0 N–H and O–H groups in total. The summed E-state index contributed by atoms with van der Waals surface area (Å²) >= 11 is 0. The van der Waals surface area contributed by atoms with E-state index in [1.165, 1.54) is 6.08 Å². The zero-order valence-electron chi connectivity index (χ0n) is 20.9. The van der Waals surface area contributed by atoms with Crippen LogP contribution in [0.5, 0.6) is 0 Å². The van der Waals surface area contributed by atoms with Gasteiger partial charge in [0.05, 0.1) is 0 Å². The lowest BCUT2D eigenvalue weighted by atomic mass is 10.0. The van der Waals surface area contributed by atoms with E-state index >= 15 is 0 Å². The van der Waals surface area contributed by atoms with Crippen molar-refractivity contribution < 1.29 is 47.7 Å². The maximum absolute atomic E-state index is 12.1. The summed E-state index contributed by atoms with van der Waals surface area (Å²) in [6, 6.07) is 7.42. The van der Waals surface area contributed by atoms with Crippen LogP contribution in [0.3, 0.4) is 0 Å². The second kappa shape index (κ2) is 12.5. The molecule has 0 aliphatic heterocycles. The zero-order chi connectivity index (χ0) is 27.0. The Morgan fingerprint density at radius 3 is 2.00 bits per heavy atom. The molecule has 11 heteroatoms. The molecule has 36 heavy (non-hydrogen) atoms. The summed E-state index contributed by atoms with van der Waals surface area (Å²) in [6.07, 6.45) is -1.25. The molecule has 0 aliphatic carbocycles. The summed E-state index contributed by atoms with van der Waals surface area (Å²) < 4.78 is 28.3. The summed E-state index contributed by atoms with van der Waals surface area (Å²) in [4.78, 5) is 59.4. The van der Waals surface area contributed by atoms with Gasteiger partial charge in [-0.25, -0.2) is 0 Å². The monoisotopic (exact) mass is 503 g/mol. The van der Waals surface area contributed by atoms with Crippen molar-refractivity contribution in [2.45, 2.75) is 52.9 Å². The first-order chi connectivity index (χ1) is 16.9. The molecule has 0 unspecified atom stereocenters. The Morgan fingerprint density at radius 2 is 1.44 bits per heavy atom. The molecule has 1 aromatic heterocycles. The molecule has 194 valence electrons. The van der Waals surface area contributed by atoms with E-state index in [2.05, 4.69) is 0 Å². The third-order valence-corrected chi connectivity index (χ3v) is 4.80. The van der Waals surface area contributed by atoms with Gasteiger partial charge in [-0.2, -0.15) is 0 Å². The van der Waals surface area contributed by atoms with Gasteiger partial charge in [0, 0.05) is 64.3 Å². The number of benzene rings is 1. The Labute approximate surface area is 207 Å². The molecule has 1 aromatic carbocycles. The van der Waals surface area contributed by atoms with Crippen molar-refractivity contribution in [2.75, 3.05) is 6.61 Å². The summed E-state index contributed by atoms with van der Waals surface area (Å²) in [6.45, 7) is 5.06. The average Bonchev–Trinajstić information content (AvgIpc) is 3.08. The van der Waals surface area contributed by atoms with Crippen LogP contribution in [0.4, 0.5) is 0 Å². The van der Waals surface area contributed by atoms with Crippen molar-refractivity contribution in [3.05, 3.63) is 41.8 Å². The van der Waals surface area contributed by atoms with Crippen LogP contribution >= 0.6 is 0 Å². The number of carbonyl (C=O) groups excluding carboxylic acids is 5. The first kappa shape index (κ1) is 28.1. The van der Waals surface area contributed by atoms with Gasteiger partial charge in [0.25, 0.3) is 0 Å². The molecule has 11 nitrogen and oxygen atoms in total. The van der Waals surface area contributed by atoms with Gasteiger partial charge in [0.15, 0.2) is 24.1 Å². The molecule has 3 atom stereocenters. The van der Waals surface area contributed by atoms with E-state index in [1.54, 1.807) is 6.20 Å². The number of carbonyl (C=O) groups is 5. The van der Waals surface area contributed by atoms with E-state index in [0.29, 0.717) is 5.56 Å². The van der Waals surface area contributed by atoms with Crippen LogP contribution in [0.25, 0.3) is 17.0 Å². The Hall–Kier alpha value is -4.15. The number of para-hydroxylation sites is 1. The Balaban J connectivity index is 2.71. The maximum atomic E-state index is 12.1. The number of ether oxygens (including phenoxy) is 5. The maximum Gasteiger partial charge on any atom is 0.307 e. The summed E-state index contributed by atoms with van der Waals surface area (Å²) in [5.74, 6) is -4.03. The Bertz CT molecular complexity index is 1180. The molecule has 0 saturated carbocycles. The minimum absolute atomic E-state index is 0.194. The first-order valence-corrected chi connectivity index (χ1v) is 11.0. The average molecular weight is 504 g/mol. The smallest absolute Gasteiger partial charge is 0.307 e. The molecular formula is C25H29NO10. The van der Waals surface area contributed by atoms with Gasteiger partial charge in [0.1, 0.15) is 6.61 Å². The molecule has 2 rings (SSSR count). The van der Waals surface area contributed by atoms with Crippen LogP contribution < -0.4 is 0 Å². The standard InChI is InChI=1S/C25H29NO10/c1-14(27)32-13-23(34-16(3)29)25(36-18(5)31)24(35-17(4)30)22(33-15(2)28)11-19-12-26(6)21-10-8-7-9-20(19)21/h7-12,23-25H,13H2,1-6H3/b22-11+/t23-,24-,25+/m0/s1. The number of aromatic nitrogens is 1. The summed E-state index contributed by atoms with van der Waals surface area (Å²) in [5.41, 5.74) is 1.48. The molecule has 0 bridgehead atoms. The van der Waals surface area contributed by atoms with E-state index in [4.69, 9.17) is 23.7 Å². The Kier molecular flexibility index (Phi) is 9.77. The molecule has 0 aliphatic rings. The third-order valence-electron chi connectivity index (χ3n) is 4.80. The highest BCUT2D eigenvalue weighted by molar-refractivity contribution is 5.90. The highest BCUT2D eigenvalue weighted by atomic mass is 16.6. The van der Waals surface area contributed by atoms with Crippen molar-refractivity contribution in [3.63, 3.8) is 0 Å². The lowest BCUT2D eigenvalue weighted by Crippen LogP contribution is -2.48. The molecule has 0 fully saturated rings. The van der Waals surface area contributed by atoms with Gasteiger partial charge in [-0.05, 0) is 12.1 Å². The number of hydrogen-bond acceptors (Lipinski definition) is 10. The molecular weight excluding hydrogens is 474 g/mol. The summed E-state index contributed by atoms with van der Waals surface area (Å²) in [5, 5.41) is 0.798. The number of aryl methyl sites for hydroxylation is 1. The molecule has 2 aromatic rings. The molecule has 0 amide bonds. The predicted octanol–water partition coefficient (Wildman–Crippen LogP) is 2.44. The van der Waals surface area contributed by atoms with Crippen molar-refractivity contribution in [1.29, 1.82) is 0 Å². The van der Waals surface area contributed by atoms with E-state index in [0.717, 1.165) is 45.5 Å². The van der Waals surface area contributed by atoms with Crippen LogP contribution in [0.2, 0.25) is 0 Å². The number of nitrogens with zero attached hydrogens (tertiary/aromatic N) is 1. The van der Waals surface area contributed by atoms with Crippen molar-refractivity contribution in [2.24, 2.45) is 7.05 Å². The van der Waals surface area contributed by atoms with Crippen molar-refractivity contribution in [3.8, 4) is 0 Å². The van der Waals surface area contributed by atoms with E-state index in [1.807, 2.05) is 35.9 Å². The van der Waals surface area contributed by atoms with Gasteiger partial charge >= 0.3 is 29.8 Å².